The molecule has 0 aromatic heterocycles. The molecule has 3 heteroatoms. The summed E-state index contributed by atoms with van der Waals surface area (Å²) < 4.78 is 5.06. The van der Waals surface area contributed by atoms with Gasteiger partial charge in [-0.25, -0.2) is 0 Å². The first-order valence-corrected chi connectivity index (χ1v) is 5.14. The lowest BCUT2D eigenvalue weighted by atomic mass is 10.4. The zero-order chi connectivity index (χ0) is 10.7. The second kappa shape index (κ2) is 11.4. The van der Waals surface area contributed by atoms with E-state index in [2.05, 4.69) is 0 Å². The highest BCUT2D eigenvalue weighted by Crippen LogP contribution is 1.95. The van der Waals surface area contributed by atoms with E-state index >= 15 is 0 Å². The van der Waals surface area contributed by atoms with Crippen LogP contribution in [0.4, 0.5) is 0 Å². The normalized spacial score (nSPS) is 14.7. The second-order valence-corrected chi connectivity index (χ2v) is 2.12. The molecule has 0 radical (unpaired) electrons. The van der Waals surface area contributed by atoms with Crippen molar-refractivity contribution in [2.45, 2.75) is 34.6 Å². The van der Waals surface area contributed by atoms with E-state index < -0.39 is 0 Å². The van der Waals surface area contributed by atoms with E-state index in [0.29, 0.717) is 13.2 Å². The number of carbonyl (C=O) groups excluding carboxylic acids is 1. The summed E-state index contributed by atoms with van der Waals surface area (Å²) in [5, 5.41) is 0. The summed E-state index contributed by atoms with van der Waals surface area (Å²) in [4.78, 5) is 12.5. The lowest BCUT2D eigenvalue weighted by Crippen LogP contribution is -2.39. The summed E-state index contributed by atoms with van der Waals surface area (Å²) >= 11 is 0. The van der Waals surface area contributed by atoms with E-state index in [1.165, 1.54) is 0 Å². The largest absolute Gasteiger partial charge is 0.378 e. The van der Waals surface area contributed by atoms with Crippen molar-refractivity contribution in [1.29, 1.82) is 0 Å². The minimum absolute atomic E-state index is 0.151. The number of amides is 1. The quantitative estimate of drug-likeness (QED) is 0.582. The number of morpholine rings is 1. The Morgan fingerprint density at radius 2 is 1.46 bits per heavy atom. The molecule has 0 saturated carbocycles. The number of hydrogen-bond donors (Lipinski definition) is 0. The Kier molecular flexibility index (Phi) is 13.1. The Balaban J connectivity index is 0. The smallest absolute Gasteiger partial charge is 0.219 e. The molecule has 0 aromatic carbocycles. The molecule has 1 rings (SSSR count). The van der Waals surface area contributed by atoms with Crippen LogP contribution in [0.3, 0.4) is 0 Å². The third kappa shape index (κ3) is 7.78. The molecule has 1 fully saturated rings. The van der Waals surface area contributed by atoms with Crippen molar-refractivity contribution < 1.29 is 9.53 Å². The maximum absolute atomic E-state index is 10.7. The summed E-state index contributed by atoms with van der Waals surface area (Å²) in [6, 6.07) is 0. The predicted molar refractivity (Wildman–Crippen MR) is 55.8 cm³/mol. The van der Waals surface area contributed by atoms with Crippen molar-refractivity contribution in [2.24, 2.45) is 0 Å². The Hall–Kier alpha value is -0.570. The fourth-order valence-electron chi connectivity index (χ4n) is 0.878. The van der Waals surface area contributed by atoms with Crippen molar-refractivity contribution in [2.75, 3.05) is 26.3 Å². The fourth-order valence-corrected chi connectivity index (χ4v) is 0.878. The van der Waals surface area contributed by atoms with Crippen LogP contribution in [0.25, 0.3) is 0 Å². The molecule has 0 unspecified atom stereocenters. The molecule has 0 atom stereocenters. The molecule has 3 nitrogen and oxygen atoms in total. The van der Waals surface area contributed by atoms with Gasteiger partial charge in [0.05, 0.1) is 13.2 Å². The monoisotopic (exact) mass is 189 g/mol. The van der Waals surface area contributed by atoms with Gasteiger partial charge in [0.15, 0.2) is 0 Å². The van der Waals surface area contributed by atoms with Gasteiger partial charge in [0.2, 0.25) is 5.91 Å². The van der Waals surface area contributed by atoms with Crippen LogP contribution < -0.4 is 0 Å². The maximum atomic E-state index is 10.7. The van der Waals surface area contributed by atoms with E-state index in [0.717, 1.165) is 13.1 Å². The average molecular weight is 189 g/mol. The van der Waals surface area contributed by atoms with Gasteiger partial charge in [-0.15, -0.1) is 0 Å². The molecule has 0 bridgehead atoms. The lowest BCUT2D eigenvalue weighted by Gasteiger charge is -2.25. The van der Waals surface area contributed by atoms with Crippen LogP contribution in [0.2, 0.25) is 0 Å². The van der Waals surface area contributed by atoms with Gasteiger partial charge in [-0.3, -0.25) is 4.79 Å². The van der Waals surface area contributed by atoms with Gasteiger partial charge in [-0.1, -0.05) is 27.7 Å². The number of nitrogens with zero attached hydrogens (tertiary/aromatic N) is 1. The first kappa shape index (κ1) is 14.9. The number of rotatable bonds is 0. The van der Waals surface area contributed by atoms with Crippen LogP contribution in [0.5, 0.6) is 0 Å². The van der Waals surface area contributed by atoms with Crippen LogP contribution in [-0.4, -0.2) is 37.1 Å². The molecular formula is C10H23NO2. The summed E-state index contributed by atoms with van der Waals surface area (Å²) in [6.07, 6.45) is 0. The zero-order valence-electron chi connectivity index (χ0n) is 9.59. The van der Waals surface area contributed by atoms with E-state index in [4.69, 9.17) is 4.74 Å². The molecular weight excluding hydrogens is 166 g/mol. The summed E-state index contributed by atoms with van der Waals surface area (Å²) in [6.45, 7) is 12.5. The molecule has 1 saturated heterocycles. The minimum atomic E-state index is 0.151. The van der Waals surface area contributed by atoms with Crippen LogP contribution in [0.1, 0.15) is 34.6 Å². The molecule has 80 valence electrons. The summed E-state index contributed by atoms with van der Waals surface area (Å²) in [5.41, 5.74) is 0. The molecule has 1 heterocycles. The average Bonchev–Trinajstić information content (AvgIpc) is 2.25. The molecule has 1 aliphatic rings. The van der Waals surface area contributed by atoms with Crippen molar-refractivity contribution >= 4 is 5.91 Å². The summed E-state index contributed by atoms with van der Waals surface area (Å²) in [7, 11) is 0. The van der Waals surface area contributed by atoms with Crippen LogP contribution in [0, 0.1) is 0 Å². The van der Waals surface area contributed by atoms with E-state index in [1.54, 1.807) is 11.8 Å². The molecule has 0 N–H and O–H groups in total. The first-order valence-electron chi connectivity index (χ1n) is 5.14. The van der Waals surface area contributed by atoms with Gasteiger partial charge in [0.25, 0.3) is 0 Å². The predicted octanol–water partition coefficient (Wildman–Crippen LogP) is 1.92. The highest BCUT2D eigenvalue weighted by molar-refractivity contribution is 5.73. The molecule has 1 amide bonds. The SMILES string of the molecule is CC.CC.CC(=O)N1CCOCC1. The number of ether oxygens (including phenoxy) is 1. The molecule has 0 aliphatic carbocycles. The minimum Gasteiger partial charge on any atom is -0.378 e. The van der Waals surface area contributed by atoms with Crippen molar-refractivity contribution in [1.82, 2.24) is 4.90 Å². The molecule has 13 heavy (non-hydrogen) atoms. The Labute approximate surface area is 82.1 Å². The zero-order valence-corrected chi connectivity index (χ0v) is 9.59. The van der Waals surface area contributed by atoms with Crippen molar-refractivity contribution in [3.63, 3.8) is 0 Å². The van der Waals surface area contributed by atoms with Gasteiger partial charge in [-0.2, -0.15) is 0 Å². The van der Waals surface area contributed by atoms with E-state index in [1.807, 2.05) is 27.7 Å². The highest BCUT2D eigenvalue weighted by atomic mass is 16.5. The lowest BCUT2D eigenvalue weighted by molar-refractivity contribution is -0.132. The Morgan fingerprint density at radius 3 is 1.69 bits per heavy atom. The van der Waals surface area contributed by atoms with E-state index in [9.17, 15) is 4.79 Å². The molecule has 1 aliphatic heterocycles. The van der Waals surface area contributed by atoms with Crippen molar-refractivity contribution in [3.8, 4) is 0 Å². The highest BCUT2D eigenvalue weighted by Gasteiger charge is 2.11. The topological polar surface area (TPSA) is 29.5 Å². The maximum Gasteiger partial charge on any atom is 0.219 e. The van der Waals surface area contributed by atoms with Crippen LogP contribution >= 0.6 is 0 Å². The number of hydrogen-bond acceptors (Lipinski definition) is 2. The van der Waals surface area contributed by atoms with Gasteiger partial charge >= 0.3 is 0 Å². The summed E-state index contributed by atoms with van der Waals surface area (Å²) in [5.74, 6) is 0.151. The fraction of sp³-hybridized carbons (Fsp3) is 0.900. The molecule has 0 aromatic rings. The van der Waals surface area contributed by atoms with Gasteiger partial charge in [-0.05, 0) is 0 Å². The standard InChI is InChI=1S/C6H11NO2.2C2H6/c1-6(8)7-2-4-9-5-3-7;2*1-2/h2-5H2,1H3;2*1-2H3. The van der Waals surface area contributed by atoms with Crippen LogP contribution in [0.15, 0.2) is 0 Å². The van der Waals surface area contributed by atoms with Crippen molar-refractivity contribution in [3.05, 3.63) is 0 Å². The second-order valence-electron chi connectivity index (χ2n) is 2.12. The Bertz CT molecular complexity index is 109. The van der Waals surface area contributed by atoms with Gasteiger partial charge in [0, 0.05) is 20.0 Å². The third-order valence-electron chi connectivity index (χ3n) is 1.46. The van der Waals surface area contributed by atoms with Gasteiger partial charge in [0.1, 0.15) is 0 Å². The number of carbonyl (C=O) groups is 1. The first-order chi connectivity index (χ1) is 6.30. The Morgan fingerprint density at radius 1 is 1.08 bits per heavy atom. The third-order valence-corrected chi connectivity index (χ3v) is 1.46. The van der Waals surface area contributed by atoms with Crippen LogP contribution in [-0.2, 0) is 9.53 Å². The molecule has 0 spiro atoms. The van der Waals surface area contributed by atoms with Gasteiger partial charge < -0.3 is 9.64 Å². The van der Waals surface area contributed by atoms with E-state index in [-0.39, 0.29) is 5.91 Å².